The fourth-order valence-electron chi connectivity index (χ4n) is 3.87. The minimum Gasteiger partial charge on any atom is -0.455 e. The molecule has 0 saturated carbocycles. The Morgan fingerprint density at radius 2 is 1.94 bits per heavy atom. The first-order chi connectivity index (χ1) is 16.3. The van der Waals surface area contributed by atoms with Crippen molar-refractivity contribution in [2.75, 3.05) is 18.4 Å². The van der Waals surface area contributed by atoms with Crippen LogP contribution in [0.5, 0.6) is 11.5 Å². The number of rotatable bonds is 8. The number of nitrogens with zero attached hydrogens (tertiary/aromatic N) is 2. The first-order valence-corrected chi connectivity index (χ1v) is 13.8. The molecule has 3 aromatic rings. The summed E-state index contributed by atoms with van der Waals surface area (Å²) in [4.78, 5) is 17.4. The predicted octanol–water partition coefficient (Wildman–Crippen LogP) is 5.16. The minimum atomic E-state index is -3.66. The maximum absolute atomic E-state index is 13.2. The molecule has 1 saturated heterocycles. The largest absolute Gasteiger partial charge is 0.455 e. The Labute approximate surface area is 204 Å². The van der Waals surface area contributed by atoms with E-state index in [4.69, 9.17) is 4.74 Å². The number of ether oxygens (including phenoxy) is 1. The molecule has 2 aromatic carbocycles. The number of nitrogens with one attached hydrogen (secondary N) is 1. The van der Waals surface area contributed by atoms with Crippen LogP contribution in [0.2, 0.25) is 0 Å². The zero-order valence-electron chi connectivity index (χ0n) is 19.4. The molecule has 1 amide bonds. The molecule has 1 fully saturated rings. The lowest BCUT2D eigenvalue weighted by Crippen LogP contribution is -2.35. The summed E-state index contributed by atoms with van der Waals surface area (Å²) in [6.07, 6.45) is 3.66. The lowest BCUT2D eigenvalue weighted by atomic mass is 10.2. The van der Waals surface area contributed by atoms with E-state index >= 15 is 0 Å². The molecule has 9 heteroatoms. The van der Waals surface area contributed by atoms with Gasteiger partial charge in [0.25, 0.3) is 0 Å². The first-order valence-electron chi connectivity index (χ1n) is 11.5. The number of carbonyl (C=O) groups is 1. The second-order valence-electron chi connectivity index (χ2n) is 8.35. The number of anilines is 1. The molecule has 2 heterocycles. The highest BCUT2D eigenvalue weighted by molar-refractivity contribution is 7.89. The quantitative estimate of drug-likeness (QED) is 0.462. The van der Waals surface area contributed by atoms with Crippen LogP contribution in [0.3, 0.4) is 0 Å². The second kappa shape index (κ2) is 10.7. The molecule has 0 spiro atoms. The molecule has 1 N–H and O–H groups in total. The van der Waals surface area contributed by atoms with E-state index in [9.17, 15) is 13.2 Å². The molecule has 0 unspecified atom stereocenters. The minimum absolute atomic E-state index is 0.101. The number of thiazole rings is 1. The predicted molar refractivity (Wildman–Crippen MR) is 134 cm³/mol. The van der Waals surface area contributed by atoms with E-state index < -0.39 is 10.0 Å². The fourth-order valence-corrected chi connectivity index (χ4v) is 6.16. The average Bonchev–Trinajstić information content (AvgIpc) is 3.28. The standard InChI is InChI=1S/C25H29N3O4S2/c1-3-25-26-19(17-33-25)15-24(29)27-22-16-21(34(30,31)28-12-5-4-6-13-28)10-11-23(22)32-20-9-7-8-18(2)14-20/h7-11,14,16-17H,3-6,12-13,15H2,1-2H3,(H,27,29). The van der Waals surface area contributed by atoms with Crippen LogP contribution in [0.15, 0.2) is 52.7 Å². The van der Waals surface area contributed by atoms with Gasteiger partial charge in [0.1, 0.15) is 5.75 Å². The van der Waals surface area contributed by atoms with Gasteiger partial charge < -0.3 is 10.1 Å². The van der Waals surface area contributed by atoms with Crippen molar-refractivity contribution in [2.45, 2.75) is 50.8 Å². The van der Waals surface area contributed by atoms with Gasteiger partial charge in [0.05, 0.1) is 27.7 Å². The van der Waals surface area contributed by atoms with Crippen molar-refractivity contribution in [3.8, 4) is 11.5 Å². The van der Waals surface area contributed by atoms with Gasteiger partial charge in [-0.05, 0) is 62.1 Å². The third-order valence-corrected chi connectivity index (χ3v) is 8.58. The Bertz CT molecular complexity index is 1260. The molecule has 0 aliphatic carbocycles. The van der Waals surface area contributed by atoms with Gasteiger partial charge >= 0.3 is 0 Å². The third kappa shape index (κ3) is 5.84. The molecular weight excluding hydrogens is 470 g/mol. The number of aryl methyl sites for hydroxylation is 2. The number of piperidine rings is 1. The normalized spacial score (nSPS) is 14.6. The highest BCUT2D eigenvalue weighted by Gasteiger charge is 2.27. The lowest BCUT2D eigenvalue weighted by molar-refractivity contribution is -0.115. The number of amides is 1. The third-order valence-electron chi connectivity index (χ3n) is 5.64. The number of hydrogen-bond donors (Lipinski definition) is 1. The lowest BCUT2D eigenvalue weighted by Gasteiger charge is -2.26. The second-order valence-corrected chi connectivity index (χ2v) is 11.2. The summed E-state index contributed by atoms with van der Waals surface area (Å²) in [6.45, 7) is 5.00. The maximum atomic E-state index is 13.2. The number of benzene rings is 2. The fraction of sp³-hybridized carbons (Fsp3) is 0.360. The Morgan fingerprint density at radius 3 is 2.65 bits per heavy atom. The van der Waals surface area contributed by atoms with E-state index in [1.807, 2.05) is 43.5 Å². The Morgan fingerprint density at radius 1 is 1.15 bits per heavy atom. The monoisotopic (exact) mass is 499 g/mol. The van der Waals surface area contributed by atoms with E-state index in [0.717, 1.165) is 36.3 Å². The van der Waals surface area contributed by atoms with Gasteiger partial charge in [-0.25, -0.2) is 13.4 Å². The smallest absolute Gasteiger partial charge is 0.243 e. The maximum Gasteiger partial charge on any atom is 0.243 e. The van der Waals surface area contributed by atoms with Crippen LogP contribution in [-0.2, 0) is 27.7 Å². The van der Waals surface area contributed by atoms with Gasteiger partial charge in [-0.2, -0.15) is 4.31 Å². The van der Waals surface area contributed by atoms with Crippen molar-refractivity contribution < 1.29 is 17.9 Å². The van der Waals surface area contributed by atoms with Crippen molar-refractivity contribution in [3.63, 3.8) is 0 Å². The Balaban J connectivity index is 1.63. The summed E-state index contributed by atoms with van der Waals surface area (Å²) < 4.78 is 34.0. The van der Waals surface area contributed by atoms with Crippen molar-refractivity contribution >= 4 is 33.0 Å². The molecule has 34 heavy (non-hydrogen) atoms. The summed E-state index contributed by atoms with van der Waals surface area (Å²) in [5.74, 6) is 0.702. The van der Waals surface area contributed by atoms with Crippen LogP contribution in [-0.4, -0.2) is 36.7 Å². The number of carbonyl (C=O) groups excluding carboxylic acids is 1. The Hall–Kier alpha value is -2.75. The van der Waals surface area contributed by atoms with Gasteiger partial charge in [0, 0.05) is 18.5 Å². The molecule has 180 valence electrons. The average molecular weight is 500 g/mol. The number of sulfonamides is 1. The Kier molecular flexibility index (Phi) is 7.65. The van der Waals surface area contributed by atoms with Gasteiger partial charge in [-0.3, -0.25) is 4.79 Å². The number of aromatic nitrogens is 1. The van der Waals surface area contributed by atoms with E-state index in [2.05, 4.69) is 10.3 Å². The van der Waals surface area contributed by atoms with E-state index in [-0.39, 0.29) is 17.2 Å². The first kappa shape index (κ1) is 24.4. The zero-order valence-corrected chi connectivity index (χ0v) is 21.0. The van der Waals surface area contributed by atoms with Crippen molar-refractivity contribution in [3.05, 3.63) is 64.1 Å². The summed E-state index contributed by atoms with van der Waals surface area (Å²) in [5.41, 5.74) is 2.04. The molecule has 7 nitrogen and oxygen atoms in total. The van der Waals surface area contributed by atoms with E-state index in [0.29, 0.717) is 36.0 Å². The topological polar surface area (TPSA) is 88.6 Å². The van der Waals surface area contributed by atoms with E-state index in [1.54, 1.807) is 12.1 Å². The van der Waals surface area contributed by atoms with Crippen LogP contribution in [0.1, 0.15) is 42.5 Å². The molecule has 0 bridgehead atoms. The summed E-state index contributed by atoms with van der Waals surface area (Å²) in [5, 5.41) is 5.70. The van der Waals surface area contributed by atoms with Crippen LogP contribution >= 0.6 is 11.3 Å². The summed E-state index contributed by atoms with van der Waals surface area (Å²) in [7, 11) is -3.66. The summed E-state index contributed by atoms with van der Waals surface area (Å²) >= 11 is 1.53. The molecule has 0 atom stereocenters. The molecule has 1 aliphatic heterocycles. The van der Waals surface area contributed by atoms with E-state index in [1.165, 1.54) is 21.7 Å². The van der Waals surface area contributed by atoms with Gasteiger partial charge in [0.15, 0.2) is 5.75 Å². The van der Waals surface area contributed by atoms with Crippen LogP contribution in [0.4, 0.5) is 5.69 Å². The number of hydrogen-bond acceptors (Lipinski definition) is 6. The highest BCUT2D eigenvalue weighted by Crippen LogP contribution is 2.33. The molecule has 4 rings (SSSR count). The van der Waals surface area contributed by atoms with Crippen LogP contribution < -0.4 is 10.1 Å². The van der Waals surface area contributed by atoms with Crippen LogP contribution in [0.25, 0.3) is 0 Å². The molecule has 0 radical (unpaired) electrons. The molecular formula is C25H29N3O4S2. The van der Waals surface area contributed by atoms with Crippen molar-refractivity contribution in [2.24, 2.45) is 0 Å². The molecule has 1 aromatic heterocycles. The SMILES string of the molecule is CCc1nc(CC(=O)Nc2cc(S(=O)(=O)N3CCCCC3)ccc2Oc2cccc(C)c2)cs1. The summed E-state index contributed by atoms with van der Waals surface area (Å²) in [6, 6.07) is 12.2. The van der Waals surface area contributed by atoms with Gasteiger partial charge in [-0.1, -0.05) is 25.5 Å². The van der Waals surface area contributed by atoms with Gasteiger partial charge in [0.2, 0.25) is 15.9 Å². The van der Waals surface area contributed by atoms with Crippen LogP contribution in [0, 0.1) is 6.92 Å². The van der Waals surface area contributed by atoms with Crippen molar-refractivity contribution in [1.82, 2.24) is 9.29 Å². The van der Waals surface area contributed by atoms with Gasteiger partial charge in [-0.15, -0.1) is 11.3 Å². The highest BCUT2D eigenvalue weighted by atomic mass is 32.2. The zero-order chi connectivity index (χ0) is 24.1. The molecule has 1 aliphatic rings. The van der Waals surface area contributed by atoms with Crippen molar-refractivity contribution in [1.29, 1.82) is 0 Å².